The number of aliphatic hydroxyl groups is 1. The van der Waals surface area contributed by atoms with Gasteiger partial charge in [-0.1, -0.05) is 19.1 Å². The fourth-order valence-corrected chi connectivity index (χ4v) is 4.08. The van der Waals surface area contributed by atoms with Crippen molar-refractivity contribution in [2.75, 3.05) is 0 Å². The molecule has 1 aliphatic heterocycles. The van der Waals surface area contributed by atoms with E-state index in [0.29, 0.717) is 11.4 Å². The van der Waals surface area contributed by atoms with Crippen LogP contribution < -0.4 is 5.56 Å². The first-order valence-corrected chi connectivity index (χ1v) is 9.93. The van der Waals surface area contributed by atoms with Crippen LogP contribution in [0.25, 0.3) is 22.3 Å². The molecule has 0 bridgehead atoms. The molecular formula is C23H22N2O6. The van der Waals surface area contributed by atoms with Crippen molar-refractivity contribution in [3.8, 4) is 11.4 Å². The summed E-state index contributed by atoms with van der Waals surface area (Å²) in [4.78, 5) is 41.4. The minimum Gasteiger partial charge on any atom is -0.479 e. The van der Waals surface area contributed by atoms with Crippen LogP contribution >= 0.6 is 0 Å². The summed E-state index contributed by atoms with van der Waals surface area (Å²) in [5.41, 5.74) is 0.675. The van der Waals surface area contributed by atoms with Crippen LogP contribution in [0.2, 0.25) is 0 Å². The van der Waals surface area contributed by atoms with Gasteiger partial charge in [0.2, 0.25) is 0 Å². The van der Waals surface area contributed by atoms with Crippen LogP contribution in [0.5, 0.6) is 0 Å². The molecule has 2 N–H and O–H groups in total. The van der Waals surface area contributed by atoms with E-state index in [1.54, 1.807) is 0 Å². The SMILES string of the molecule is CC[C@](O)(C(=O)O)c1cc2n(c(=O)c1COC(C)=O)Cc1cc3c(C)cccc3nc1-2. The summed E-state index contributed by atoms with van der Waals surface area (Å²) in [7, 11) is 0. The largest absolute Gasteiger partial charge is 0.479 e. The van der Waals surface area contributed by atoms with Crippen molar-refractivity contribution in [2.24, 2.45) is 0 Å². The summed E-state index contributed by atoms with van der Waals surface area (Å²) in [6, 6.07) is 9.21. The van der Waals surface area contributed by atoms with Gasteiger partial charge in [0.15, 0.2) is 5.60 Å². The number of carboxylic acid groups (broad SMARTS) is 1. The summed E-state index contributed by atoms with van der Waals surface area (Å²) < 4.78 is 6.49. The Morgan fingerprint density at radius 1 is 1.29 bits per heavy atom. The van der Waals surface area contributed by atoms with Gasteiger partial charge in [0.25, 0.3) is 5.56 Å². The van der Waals surface area contributed by atoms with Crippen molar-refractivity contribution < 1.29 is 24.5 Å². The lowest BCUT2D eigenvalue weighted by atomic mass is 9.87. The van der Waals surface area contributed by atoms with Crippen molar-refractivity contribution in [3.63, 3.8) is 0 Å². The van der Waals surface area contributed by atoms with Crippen molar-refractivity contribution in [1.82, 2.24) is 9.55 Å². The molecule has 0 fully saturated rings. The number of hydrogen-bond donors (Lipinski definition) is 2. The molecule has 3 heterocycles. The molecule has 8 nitrogen and oxygen atoms in total. The molecule has 0 amide bonds. The van der Waals surface area contributed by atoms with E-state index >= 15 is 0 Å². The van der Waals surface area contributed by atoms with Crippen LogP contribution in [-0.2, 0) is 33.1 Å². The molecule has 0 spiro atoms. The number of aryl methyl sites for hydroxylation is 1. The number of benzene rings is 1. The Morgan fingerprint density at radius 2 is 2.03 bits per heavy atom. The Morgan fingerprint density at radius 3 is 2.68 bits per heavy atom. The van der Waals surface area contributed by atoms with Crippen LogP contribution in [0.15, 0.2) is 35.1 Å². The number of rotatable bonds is 5. The normalized spacial score (nSPS) is 14.1. The van der Waals surface area contributed by atoms with E-state index in [1.165, 1.54) is 24.5 Å². The molecule has 0 unspecified atom stereocenters. The monoisotopic (exact) mass is 422 g/mol. The van der Waals surface area contributed by atoms with Crippen LogP contribution in [0, 0.1) is 6.92 Å². The number of carbonyl (C=O) groups is 2. The second kappa shape index (κ2) is 7.31. The number of carbonyl (C=O) groups excluding carboxylic acids is 1. The van der Waals surface area contributed by atoms with Crippen LogP contribution in [0.3, 0.4) is 0 Å². The summed E-state index contributed by atoms with van der Waals surface area (Å²) >= 11 is 0. The lowest BCUT2D eigenvalue weighted by Crippen LogP contribution is -2.39. The Bertz CT molecular complexity index is 1310. The van der Waals surface area contributed by atoms with Gasteiger partial charge in [0.1, 0.15) is 6.61 Å². The van der Waals surface area contributed by atoms with Crippen molar-refractivity contribution in [2.45, 2.75) is 45.9 Å². The first kappa shape index (κ1) is 20.7. The maximum Gasteiger partial charge on any atom is 0.340 e. The number of pyridine rings is 2. The molecule has 0 saturated carbocycles. The summed E-state index contributed by atoms with van der Waals surface area (Å²) in [5, 5.41) is 21.6. The number of aromatic nitrogens is 2. The summed E-state index contributed by atoms with van der Waals surface area (Å²) in [6.07, 6.45) is -0.171. The van der Waals surface area contributed by atoms with Crippen LogP contribution in [0.4, 0.5) is 0 Å². The van der Waals surface area contributed by atoms with Crippen LogP contribution in [0.1, 0.15) is 42.5 Å². The average Bonchev–Trinajstić information content (AvgIpc) is 3.09. The second-order valence-corrected chi connectivity index (χ2v) is 7.75. The van der Waals surface area contributed by atoms with Crippen molar-refractivity contribution in [1.29, 1.82) is 0 Å². The number of fused-ring (bicyclic) bond motifs is 4. The molecule has 1 aliphatic rings. The highest BCUT2D eigenvalue weighted by molar-refractivity contribution is 5.87. The zero-order chi connectivity index (χ0) is 22.5. The van der Waals surface area contributed by atoms with E-state index in [4.69, 9.17) is 9.72 Å². The van der Waals surface area contributed by atoms with Gasteiger partial charge in [-0.05, 0) is 37.1 Å². The number of carboxylic acids is 1. The number of hydrogen-bond acceptors (Lipinski definition) is 6. The first-order valence-electron chi connectivity index (χ1n) is 9.93. The van der Waals surface area contributed by atoms with E-state index in [0.717, 1.165) is 22.0 Å². The predicted molar refractivity (Wildman–Crippen MR) is 113 cm³/mol. The number of nitrogens with zero attached hydrogens (tertiary/aromatic N) is 2. The molecule has 8 heteroatoms. The molecule has 4 rings (SSSR count). The lowest BCUT2D eigenvalue weighted by Gasteiger charge is -2.25. The zero-order valence-electron chi connectivity index (χ0n) is 17.4. The van der Waals surface area contributed by atoms with Crippen molar-refractivity contribution >= 4 is 22.8 Å². The van der Waals surface area contributed by atoms with E-state index in [-0.39, 0.29) is 24.1 Å². The number of ether oxygens (including phenoxy) is 1. The molecule has 1 atom stereocenters. The Balaban J connectivity index is 2.00. The maximum atomic E-state index is 13.3. The smallest absolute Gasteiger partial charge is 0.340 e. The van der Waals surface area contributed by atoms with Gasteiger partial charge in [-0.25, -0.2) is 9.78 Å². The molecule has 1 aromatic carbocycles. The third kappa shape index (κ3) is 3.19. The van der Waals surface area contributed by atoms with E-state index < -0.39 is 29.7 Å². The molecule has 160 valence electrons. The molecule has 0 aliphatic carbocycles. The molecule has 3 aromatic rings. The highest BCUT2D eigenvalue weighted by Gasteiger charge is 2.41. The molecule has 0 saturated heterocycles. The average molecular weight is 422 g/mol. The van der Waals surface area contributed by atoms with Gasteiger partial charge in [0.05, 0.1) is 29.0 Å². The van der Waals surface area contributed by atoms with Gasteiger partial charge < -0.3 is 19.5 Å². The van der Waals surface area contributed by atoms with Gasteiger partial charge >= 0.3 is 11.9 Å². The molecule has 31 heavy (non-hydrogen) atoms. The third-order valence-electron chi connectivity index (χ3n) is 5.86. The fourth-order valence-electron chi connectivity index (χ4n) is 4.08. The Kier molecular flexibility index (Phi) is 4.89. The van der Waals surface area contributed by atoms with Gasteiger partial charge in [-0.15, -0.1) is 0 Å². The first-order chi connectivity index (χ1) is 14.7. The summed E-state index contributed by atoms with van der Waals surface area (Å²) in [5.74, 6) is -2.10. The standard InChI is InChI=1S/C23H22N2O6/c1-4-23(30,22(28)29)17-9-19-20-14(8-15-12(2)6-5-7-18(15)24-20)10-25(19)21(27)16(17)11-31-13(3)26/h5-9,30H,4,10-11H2,1-3H3,(H,28,29)/t23-/m1/s1. The maximum absolute atomic E-state index is 13.3. The third-order valence-corrected chi connectivity index (χ3v) is 5.86. The van der Waals surface area contributed by atoms with Crippen molar-refractivity contribution in [3.05, 3.63) is 62.9 Å². The number of aliphatic carboxylic acids is 1. The molecular weight excluding hydrogens is 400 g/mol. The predicted octanol–water partition coefficient (Wildman–Crippen LogP) is 2.48. The zero-order valence-corrected chi connectivity index (χ0v) is 17.4. The minimum absolute atomic E-state index is 0.0563. The topological polar surface area (TPSA) is 119 Å². The Hall–Kier alpha value is -3.52. The highest BCUT2D eigenvalue weighted by atomic mass is 16.5. The molecule has 2 aromatic heterocycles. The van der Waals surface area contributed by atoms with E-state index in [2.05, 4.69) is 0 Å². The lowest BCUT2D eigenvalue weighted by molar-refractivity contribution is -0.160. The highest BCUT2D eigenvalue weighted by Crippen LogP contribution is 2.36. The molecule has 0 radical (unpaired) electrons. The number of esters is 1. The van der Waals surface area contributed by atoms with E-state index in [1.807, 2.05) is 31.2 Å². The van der Waals surface area contributed by atoms with Gasteiger partial charge in [-0.2, -0.15) is 0 Å². The fraction of sp³-hybridized carbons (Fsp3) is 0.304. The van der Waals surface area contributed by atoms with Gasteiger partial charge in [0, 0.05) is 23.4 Å². The minimum atomic E-state index is -2.31. The van der Waals surface area contributed by atoms with E-state index in [9.17, 15) is 24.6 Å². The summed E-state index contributed by atoms with van der Waals surface area (Å²) in [6.45, 7) is 4.52. The Labute approximate surface area is 177 Å². The quantitative estimate of drug-likeness (QED) is 0.474. The second-order valence-electron chi connectivity index (χ2n) is 7.75. The van der Waals surface area contributed by atoms with Crippen LogP contribution in [-0.4, -0.2) is 31.7 Å². The van der Waals surface area contributed by atoms with Gasteiger partial charge in [-0.3, -0.25) is 9.59 Å².